The number of amides is 2. The van der Waals surface area contributed by atoms with E-state index in [0.29, 0.717) is 5.69 Å². The van der Waals surface area contributed by atoms with Crippen LogP contribution in [0.1, 0.15) is 57.2 Å². The monoisotopic (exact) mass is 549 g/mol. The molecule has 7 nitrogen and oxygen atoms in total. The number of nitrogens with zero attached hydrogens (tertiary/aromatic N) is 2. The predicted molar refractivity (Wildman–Crippen MR) is 156 cm³/mol. The van der Waals surface area contributed by atoms with Crippen LogP contribution in [0.3, 0.4) is 0 Å². The molecule has 0 aliphatic heterocycles. The van der Waals surface area contributed by atoms with Crippen molar-refractivity contribution in [2.24, 2.45) is 0 Å². The Morgan fingerprint density at radius 2 is 1.41 bits per heavy atom. The van der Waals surface area contributed by atoms with Crippen LogP contribution in [-0.2, 0) is 26.2 Å². The Hall–Kier alpha value is -3.65. The predicted octanol–water partition coefficient (Wildman–Crippen LogP) is 5.26. The zero-order valence-electron chi connectivity index (χ0n) is 23.6. The van der Waals surface area contributed by atoms with E-state index < -0.39 is 28.5 Å². The van der Waals surface area contributed by atoms with Crippen molar-refractivity contribution in [1.82, 2.24) is 10.2 Å². The van der Waals surface area contributed by atoms with Crippen LogP contribution in [0.5, 0.6) is 0 Å². The van der Waals surface area contributed by atoms with Gasteiger partial charge < -0.3 is 10.2 Å². The Morgan fingerprint density at radius 1 is 0.821 bits per heavy atom. The molecule has 0 bridgehead atoms. The molecule has 0 saturated carbocycles. The molecule has 0 aliphatic carbocycles. The summed E-state index contributed by atoms with van der Waals surface area (Å²) in [5.41, 5.74) is 3.36. The van der Waals surface area contributed by atoms with Crippen molar-refractivity contribution in [3.63, 3.8) is 0 Å². The summed E-state index contributed by atoms with van der Waals surface area (Å²) in [5.74, 6) is -0.510. The van der Waals surface area contributed by atoms with Crippen molar-refractivity contribution >= 4 is 27.5 Å². The van der Waals surface area contributed by atoms with Gasteiger partial charge in [-0.25, -0.2) is 8.42 Å². The first-order valence-electron chi connectivity index (χ1n) is 13.2. The van der Waals surface area contributed by atoms with Gasteiger partial charge in [0.15, 0.2) is 0 Å². The third kappa shape index (κ3) is 7.69. The molecule has 0 fully saturated rings. The van der Waals surface area contributed by atoms with Crippen molar-refractivity contribution < 1.29 is 18.0 Å². The van der Waals surface area contributed by atoms with Gasteiger partial charge in [-0.1, -0.05) is 74.0 Å². The van der Waals surface area contributed by atoms with Crippen LogP contribution in [0.4, 0.5) is 5.69 Å². The van der Waals surface area contributed by atoms with Gasteiger partial charge in [-0.3, -0.25) is 13.9 Å². The van der Waals surface area contributed by atoms with Gasteiger partial charge >= 0.3 is 0 Å². The van der Waals surface area contributed by atoms with E-state index in [1.165, 1.54) is 17.0 Å². The zero-order chi connectivity index (χ0) is 28.7. The average Bonchev–Trinajstić information content (AvgIpc) is 2.91. The van der Waals surface area contributed by atoms with Crippen molar-refractivity contribution in [2.45, 2.75) is 71.0 Å². The lowest BCUT2D eigenvalue weighted by molar-refractivity contribution is -0.139. The van der Waals surface area contributed by atoms with Crippen LogP contribution < -0.4 is 9.62 Å². The standard InChI is InChI=1S/C31H39N3O4S/c1-22(2)27-16-18-28(19-17-27)34(39(37,38)29-10-8-7-9-11-29)21-30(35)33(25(6)31(36)32-23(3)4)20-26-14-12-24(5)13-15-26/h7-19,22-23,25H,20-21H2,1-6H3,(H,32,36). The number of carbonyl (C=O) groups excluding carboxylic acids is 2. The highest BCUT2D eigenvalue weighted by Crippen LogP contribution is 2.26. The SMILES string of the molecule is Cc1ccc(CN(C(=O)CN(c2ccc(C(C)C)cc2)S(=O)(=O)c2ccccc2)C(C)C(=O)NC(C)C)cc1. The van der Waals surface area contributed by atoms with Crippen LogP contribution >= 0.6 is 0 Å². The molecule has 0 spiro atoms. The van der Waals surface area contributed by atoms with E-state index in [0.717, 1.165) is 21.0 Å². The second kappa shape index (κ2) is 12.9. The fourth-order valence-electron chi connectivity index (χ4n) is 4.15. The quantitative estimate of drug-likeness (QED) is 0.354. The summed E-state index contributed by atoms with van der Waals surface area (Å²) >= 11 is 0. The average molecular weight is 550 g/mol. The van der Waals surface area contributed by atoms with Gasteiger partial charge in [0.25, 0.3) is 10.0 Å². The number of nitrogens with one attached hydrogen (secondary N) is 1. The molecule has 1 N–H and O–H groups in total. The number of hydrogen-bond donors (Lipinski definition) is 1. The normalized spacial score (nSPS) is 12.3. The van der Waals surface area contributed by atoms with Crippen LogP contribution in [0.15, 0.2) is 83.8 Å². The first-order valence-corrected chi connectivity index (χ1v) is 14.7. The lowest BCUT2D eigenvalue weighted by Crippen LogP contribution is -2.52. The summed E-state index contributed by atoms with van der Waals surface area (Å²) in [4.78, 5) is 28.4. The van der Waals surface area contributed by atoms with E-state index >= 15 is 0 Å². The zero-order valence-corrected chi connectivity index (χ0v) is 24.4. The minimum absolute atomic E-state index is 0.0846. The molecule has 8 heteroatoms. The van der Waals surface area contributed by atoms with Gasteiger partial charge in [-0.15, -0.1) is 0 Å². The van der Waals surface area contributed by atoms with Crippen LogP contribution in [0.2, 0.25) is 0 Å². The molecule has 3 rings (SSSR count). The lowest BCUT2D eigenvalue weighted by atomic mass is 10.0. The molecule has 208 valence electrons. The second-order valence-electron chi connectivity index (χ2n) is 10.4. The molecular formula is C31H39N3O4S. The highest BCUT2D eigenvalue weighted by molar-refractivity contribution is 7.92. The summed E-state index contributed by atoms with van der Waals surface area (Å²) < 4.78 is 28.8. The largest absolute Gasteiger partial charge is 0.352 e. The third-order valence-electron chi connectivity index (χ3n) is 6.53. The van der Waals surface area contributed by atoms with Crippen molar-refractivity contribution in [2.75, 3.05) is 10.8 Å². The van der Waals surface area contributed by atoms with Gasteiger partial charge in [0, 0.05) is 12.6 Å². The van der Waals surface area contributed by atoms with Crippen LogP contribution in [0.25, 0.3) is 0 Å². The molecule has 2 amide bonds. The maximum absolute atomic E-state index is 13.9. The number of benzene rings is 3. The van der Waals surface area contributed by atoms with Crippen molar-refractivity contribution in [3.05, 3.63) is 95.6 Å². The van der Waals surface area contributed by atoms with Gasteiger partial charge in [-0.2, -0.15) is 0 Å². The van der Waals surface area contributed by atoms with Gasteiger partial charge in [0.1, 0.15) is 12.6 Å². The number of anilines is 1. The van der Waals surface area contributed by atoms with Gasteiger partial charge in [-0.05, 0) is 69.0 Å². The van der Waals surface area contributed by atoms with Gasteiger partial charge in [0.05, 0.1) is 10.6 Å². The summed E-state index contributed by atoms with van der Waals surface area (Å²) in [6.07, 6.45) is 0. The summed E-state index contributed by atoms with van der Waals surface area (Å²) in [5, 5.41) is 2.87. The Bertz CT molecular complexity index is 1350. The maximum Gasteiger partial charge on any atom is 0.264 e. The smallest absolute Gasteiger partial charge is 0.264 e. The molecule has 0 saturated heterocycles. The first-order chi connectivity index (χ1) is 18.4. The van der Waals surface area contributed by atoms with E-state index in [4.69, 9.17) is 0 Å². The lowest BCUT2D eigenvalue weighted by Gasteiger charge is -2.32. The van der Waals surface area contributed by atoms with Crippen molar-refractivity contribution in [1.29, 1.82) is 0 Å². The van der Waals surface area contributed by atoms with E-state index in [9.17, 15) is 18.0 Å². The van der Waals surface area contributed by atoms with Crippen LogP contribution in [0, 0.1) is 6.92 Å². The highest BCUT2D eigenvalue weighted by atomic mass is 32.2. The molecule has 1 unspecified atom stereocenters. The molecule has 0 aromatic heterocycles. The molecule has 1 atom stereocenters. The Labute approximate surface area is 232 Å². The Morgan fingerprint density at radius 3 is 1.95 bits per heavy atom. The second-order valence-corrected chi connectivity index (χ2v) is 12.3. The summed E-state index contributed by atoms with van der Waals surface area (Å²) in [7, 11) is -4.07. The van der Waals surface area contributed by atoms with E-state index in [1.807, 2.05) is 57.2 Å². The van der Waals surface area contributed by atoms with E-state index in [-0.39, 0.29) is 29.3 Å². The topological polar surface area (TPSA) is 86.8 Å². The minimum Gasteiger partial charge on any atom is -0.352 e. The minimum atomic E-state index is -4.07. The molecule has 0 aliphatic rings. The highest BCUT2D eigenvalue weighted by Gasteiger charge is 2.32. The Kier molecular flexibility index (Phi) is 9.92. The molecule has 0 radical (unpaired) electrons. The fourth-order valence-corrected chi connectivity index (χ4v) is 5.59. The molecular weight excluding hydrogens is 510 g/mol. The number of carbonyl (C=O) groups is 2. The number of hydrogen-bond acceptors (Lipinski definition) is 4. The first kappa shape index (κ1) is 29.9. The van der Waals surface area contributed by atoms with E-state index in [2.05, 4.69) is 19.2 Å². The third-order valence-corrected chi connectivity index (χ3v) is 8.32. The molecule has 3 aromatic carbocycles. The maximum atomic E-state index is 13.9. The Balaban J connectivity index is 2.02. The summed E-state index contributed by atoms with van der Waals surface area (Å²) in [6, 6.07) is 22.0. The number of sulfonamides is 1. The molecule has 0 heterocycles. The number of aryl methyl sites for hydroxylation is 1. The van der Waals surface area contributed by atoms with Crippen LogP contribution in [-0.4, -0.2) is 43.8 Å². The van der Waals surface area contributed by atoms with E-state index in [1.54, 1.807) is 37.3 Å². The van der Waals surface area contributed by atoms with Gasteiger partial charge in [0.2, 0.25) is 11.8 Å². The number of rotatable bonds is 11. The molecule has 3 aromatic rings. The molecule has 39 heavy (non-hydrogen) atoms. The van der Waals surface area contributed by atoms with Crippen molar-refractivity contribution in [3.8, 4) is 0 Å². The fraction of sp³-hybridized carbons (Fsp3) is 0.355. The summed E-state index contributed by atoms with van der Waals surface area (Å²) in [6.45, 7) is 11.2.